The van der Waals surface area contributed by atoms with Crippen molar-refractivity contribution in [3.8, 4) is 5.75 Å². The van der Waals surface area contributed by atoms with Gasteiger partial charge in [0.1, 0.15) is 17.1 Å². The van der Waals surface area contributed by atoms with Gasteiger partial charge in [-0.05, 0) is 35.9 Å². The summed E-state index contributed by atoms with van der Waals surface area (Å²) < 4.78 is 24.1. The molecule has 0 aliphatic heterocycles. The first kappa shape index (κ1) is 17.9. The van der Waals surface area contributed by atoms with Gasteiger partial charge in [0, 0.05) is 11.0 Å². The molecule has 0 aliphatic carbocycles. The Morgan fingerprint density at radius 2 is 1.88 bits per heavy atom. The highest BCUT2D eigenvalue weighted by Gasteiger charge is 2.15. The van der Waals surface area contributed by atoms with Crippen molar-refractivity contribution in [3.05, 3.63) is 63.4 Å². The summed E-state index contributed by atoms with van der Waals surface area (Å²) in [5, 5.41) is 2.61. The third kappa shape index (κ3) is 4.11. The molecule has 0 spiro atoms. The maximum atomic E-state index is 13.7. The van der Waals surface area contributed by atoms with Crippen molar-refractivity contribution in [2.75, 3.05) is 14.2 Å². The van der Waals surface area contributed by atoms with Gasteiger partial charge in [-0.1, -0.05) is 22.0 Å². The van der Waals surface area contributed by atoms with E-state index in [1.54, 1.807) is 18.2 Å². The minimum absolute atomic E-state index is 0.0638. The van der Waals surface area contributed by atoms with Crippen LogP contribution in [-0.4, -0.2) is 26.1 Å². The number of carbonyl (C=O) groups is 2. The van der Waals surface area contributed by atoms with Gasteiger partial charge in [0.15, 0.2) is 0 Å². The van der Waals surface area contributed by atoms with Gasteiger partial charge in [-0.3, -0.25) is 4.79 Å². The van der Waals surface area contributed by atoms with E-state index in [9.17, 15) is 14.0 Å². The Morgan fingerprint density at radius 3 is 2.54 bits per heavy atom. The summed E-state index contributed by atoms with van der Waals surface area (Å²) in [6, 6.07) is 8.98. The number of hydrogen-bond acceptors (Lipinski definition) is 4. The molecule has 0 radical (unpaired) electrons. The second kappa shape index (κ2) is 7.92. The minimum Gasteiger partial charge on any atom is -0.496 e. The fourth-order valence-corrected chi connectivity index (χ4v) is 2.44. The normalized spacial score (nSPS) is 10.2. The predicted octanol–water partition coefficient (Wildman–Crippen LogP) is 3.31. The summed E-state index contributed by atoms with van der Waals surface area (Å²) in [7, 11) is 2.71. The maximum Gasteiger partial charge on any atom is 0.341 e. The smallest absolute Gasteiger partial charge is 0.341 e. The maximum absolute atomic E-state index is 13.7. The standard InChI is InChI=1S/C17H15BrFNO4/c1-23-15-6-3-10(7-13(15)17(22)24-2)9-20-16(21)12-8-11(18)4-5-14(12)19/h3-8H,9H2,1-2H3,(H,20,21). The topological polar surface area (TPSA) is 64.6 Å². The Hall–Kier alpha value is -2.41. The Bertz CT molecular complexity index is 779. The molecule has 2 rings (SSSR count). The molecule has 1 N–H and O–H groups in total. The van der Waals surface area contributed by atoms with Crippen LogP contribution in [0.4, 0.5) is 4.39 Å². The van der Waals surface area contributed by atoms with E-state index in [0.717, 1.165) is 0 Å². The Balaban J connectivity index is 2.15. The number of amides is 1. The summed E-state index contributed by atoms with van der Waals surface area (Å²) in [4.78, 5) is 23.8. The highest BCUT2D eigenvalue weighted by Crippen LogP contribution is 2.21. The van der Waals surface area contributed by atoms with E-state index in [1.165, 1.54) is 32.4 Å². The van der Waals surface area contributed by atoms with Gasteiger partial charge in [-0.2, -0.15) is 0 Å². The molecule has 2 aromatic carbocycles. The fraction of sp³-hybridized carbons (Fsp3) is 0.176. The molecule has 0 bridgehead atoms. The quantitative estimate of drug-likeness (QED) is 0.788. The number of methoxy groups -OCH3 is 2. The van der Waals surface area contributed by atoms with E-state index in [0.29, 0.717) is 15.8 Å². The molecule has 0 saturated carbocycles. The summed E-state index contributed by atoms with van der Waals surface area (Å²) >= 11 is 3.20. The number of carbonyl (C=O) groups excluding carboxylic acids is 2. The average Bonchev–Trinajstić information content (AvgIpc) is 2.60. The summed E-state index contributed by atoms with van der Waals surface area (Å²) in [6.45, 7) is 0.124. The van der Waals surface area contributed by atoms with Crippen LogP contribution in [0.5, 0.6) is 5.75 Å². The molecule has 0 saturated heterocycles. The SMILES string of the molecule is COC(=O)c1cc(CNC(=O)c2cc(Br)ccc2F)ccc1OC. The van der Waals surface area contributed by atoms with Crippen LogP contribution < -0.4 is 10.1 Å². The first-order valence-corrected chi connectivity index (χ1v) is 7.74. The van der Waals surface area contributed by atoms with E-state index in [4.69, 9.17) is 9.47 Å². The molecular weight excluding hydrogens is 381 g/mol. The zero-order valence-electron chi connectivity index (χ0n) is 13.1. The van der Waals surface area contributed by atoms with Crippen LogP contribution >= 0.6 is 15.9 Å². The lowest BCUT2D eigenvalue weighted by molar-refractivity contribution is 0.0597. The van der Waals surface area contributed by atoms with Crippen molar-refractivity contribution in [1.29, 1.82) is 0 Å². The first-order valence-electron chi connectivity index (χ1n) is 6.94. The largest absolute Gasteiger partial charge is 0.496 e. The van der Waals surface area contributed by atoms with Crippen molar-refractivity contribution < 1.29 is 23.5 Å². The van der Waals surface area contributed by atoms with Crippen LogP contribution in [-0.2, 0) is 11.3 Å². The number of benzene rings is 2. The molecule has 24 heavy (non-hydrogen) atoms. The lowest BCUT2D eigenvalue weighted by atomic mass is 10.1. The van der Waals surface area contributed by atoms with Crippen molar-refractivity contribution in [2.45, 2.75) is 6.54 Å². The van der Waals surface area contributed by atoms with Gasteiger partial charge in [0.25, 0.3) is 5.91 Å². The molecule has 1 amide bonds. The third-order valence-corrected chi connectivity index (χ3v) is 3.79. The summed E-state index contributed by atoms with van der Waals surface area (Å²) in [6.07, 6.45) is 0. The monoisotopic (exact) mass is 395 g/mol. The molecule has 7 heteroatoms. The molecule has 0 aromatic heterocycles. The second-order valence-corrected chi connectivity index (χ2v) is 5.75. The molecule has 2 aromatic rings. The molecule has 5 nitrogen and oxygen atoms in total. The number of nitrogens with one attached hydrogen (secondary N) is 1. The lowest BCUT2D eigenvalue weighted by Gasteiger charge is -2.10. The van der Waals surface area contributed by atoms with Gasteiger partial charge in [-0.25, -0.2) is 9.18 Å². The van der Waals surface area contributed by atoms with Gasteiger partial charge in [0.05, 0.1) is 19.8 Å². The molecule has 0 atom stereocenters. The zero-order chi connectivity index (χ0) is 17.7. The van der Waals surface area contributed by atoms with Crippen LogP contribution in [0.1, 0.15) is 26.3 Å². The second-order valence-electron chi connectivity index (χ2n) is 4.83. The number of esters is 1. The Labute approximate surface area is 146 Å². The predicted molar refractivity (Wildman–Crippen MR) is 89.6 cm³/mol. The van der Waals surface area contributed by atoms with Gasteiger partial charge >= 0.3 is 5.97 Å². The fourth-order valence-electron chi connectivity index (χ4n) is 2.08. The van der Waals surface area contributed by atoms with Gasteiger partial charge < -0.3 is 14.8 Å². The van der Waals surface area contributed by atoms with Crippen LogP contribution in [0.3, 0.4) is 0 Å². The number of rotatable bonds is 5. The minimum atomic E-state index is -0.610. The molecule has 126 valence electrons. The van der Waals surface area contributed by atoms with E-state index in [1.807, 2.05) is 0 Å². The number of hydrogen-bond donors (Lipinski definition) is 1. The molecule has 0 fully saturated rings. The third-order valence-electron chi connectivity index (χ3n) is 3.30. The highest BCUT2D eigenvalue weighted by molar-refractivity contribution is 9.10. The number of ether oxygens (including phenoxy) is 2. The van der Waals surface area contributed by atoms with E-state index >= 15 is 0 Å². The van der Waals surface area contributed by atoms with Gasteiger partial charge in [0.2, 0.25) is 0 Å². The average molecular weight is 396 g/mol. The van der Waals surface area contributed by atoms with Crippen molar-refractivity contribution in [2.24, 2.45) is 0 Å². The van der Waals surface area contributed by atoms with E-state index in [-0.39, 0.29) is 17.7 Å². The molecule has 0 aliphatic rings. The van der Waals surface area contributed by atoms with Crippen molar-refractivity contribution in [1.82, 2.24) is 5.32 Å². The lowest BCUT2D eigenvalue weighted by Crippen LogP contribution is -2.24. The van der Waals surface area contributed by atoms with Crippen LogP contribution in [0, 0.1) is 5.82 Å². The first-order chi connectivity index (χ1) is 11.5. The zero-order valence-corrected chi connectivity index (χ0v) is 14.6. The Kier molecular flexibility index (Phi) is 5.92. The summed E-state index contributed by atoms with van der Waals surface area (Å²) in [5.74, 6) is -1.34. The van der Waals surface area contributed by atoms with Crippen LogP contribution in [0.15, 0.2) is 40.9 Å². The van der Waals surface area contributed by atoms with E-state index < -0.39 is 17.7 Å². The van der Waals surface area contributed by atoms with E-state index in [2.05, 4.69) is 21.2 Å². The Morgan fingerprint density at radius 1 is 1.12 bits per heavy atom. The van der Waals surface area contributed by atoms with Crippen molar-refractivity contribution >= 4 is 27.8 Å². The van der Waals surface area contributed by atoms with Crippen LogP contribution in [0.25, 0.3) is 0 Å². The van der Waals surface area contributed by atoms with Crippen LogP contribution in [0.2, 0.25) is 0 Å². The highest BCUT2D eigenvalue weighted by atomic mass is 79.9. The molecule has 0 heterocycles. The van der Waals surface area contributed by atoms with Gasteiger partial charge in [-0.15, -0.1) is 0 Å². The molecule has 0 unspecified atom stereocenters. The molecular formula is C17H15BrFNO4. The number of halogens is 2. The summed E-state index contributed by atoms with van der Waals surface area (Å²) in [5.41, 5.74) is 0.839. The van der Waals surface area contributed by atoms with Crippen molar-refractivity contribution in [3.63, 3.8) is 0 Å².